The van der Waals surface area contributed by atoms with E-state index in [1.807, 2.05) is 24.3 Å². The molecule has 30 heavy (non-hydrogen) atoms. The molecule has 7 heteroatoms. The molecule has 0 fully saturated rings. The summed E-state index contributed by atoms with van der Waals surface area (Å²) >= 11 is 1.44. The fraction of sp³-hybridized carbons (Fsp3) is 0.261. The minimum absolute atomic E-state index is 0.0164. The Bertz CT molecular complexity index is 1210. The number of hydrogen-bond acceptors (Lipinski definition) is 4. The zero-order chi connectivity index (χ0) is 20.5. The Morgan fingerprint density at radius 3 is 2.77 bits per heavy atom. The quantitative estimate of drug-likeness (QED) is 0.353. The number of nitrogens with zero attached hydrogens (tertiary/aromatic N) is 3. The fourth-order valence-electron chi connectivity index (χ4n) is 4.03. The lowest BCUT2D eigenvalue weighted by Crippen LogP contribution is -2.07. The lowest BCUT2D eigenvalue weighted by atomic mass is 10.0. The average molecular weight is 421 g/mol. The molecular formula is C23H21FN4OS. The molecule has 0 atom stereocenters. The lowest BCUT2D eigenvalue weighted by molar-refractivity contribution is 0.102. The first-order valence-corrected chi connectivity index (χ1v) is 11.1. The van der Waals surface area contributed by atoms with Gasteiger partial charge in [-0.05, 0) is 48.7 Å². The summed E-state index contributed by atoms with van der Waals surface area (Å²) in [6, 6.07) is 14.0. The van der Waals surface area contributed by atoms with E-state index in [0.29, 0.717) is 5.56 Å². The number of halogens is 1. The minimum Gasteiger partial charge on any atom is -0.354 e. The van der Waals surface area contributed by atoms with Crippen LogP contribution in [0.2, 0.25) is 0 Å². The second kappa shape index (κ2) is 8.07. The van der Waals surface area contributed by atoms with E-state index in [1.54, 1.807) is 12.1 Å². The molecule has 0 aliphatic carbocycles. The smallest absolute Gasteiger partial charge is 0.191 e. The van der Waals surface area contributed by atoms with Crippen LogP contribution in [0.1, 0.15) is 35.4 Å². The van der Waals surface area contributed by atoms with Gasteiger partial charge in [-0.25, -0.2) is 4.39 Å². The molecule has 0 saturated carbocycles. The van der Waals surface area contributed by atoms with Crippen molar-refractivity contribution >= 4 is 28.4 Å². The van der Waals surface area contributed by atoms with Crippen molar-refractivity contribution in [1.82, 2.24) is 19.7 Å². The number of thioether (sulfide) groups is 1. The van der Waals surface area contributed by atoms with Gasteiger partial charge in [0.05, 0.1) is 17.0 Å². The van der Waals surface area contributed by atoms with Crippen molar-refractivity contribution in [2.24, 2.45) is 0 Å². The summed E-state index contributed by atoms with van der Waals surface area (Å²) in [6.45, 7) is 0.909. The van der Waals surface area contributed by atoms with Gasteiger partial charge in [0.2, 0.25) is 0 Å². The summed E-state index contributed by atoms with van der Waals surface area (Å²) in [5.74, 6) is 1.00. The number of hydrogen-bond donors (Lipinski definition) is 1. The van der Waals surface area contributed by atoms with E-state index < -0.39 is 0 Å². The van der Waals surface area contributed by atoms with E-state index in [-0.39, 0.29) is 17.4 Å². The van der Waals surface area contributed by atoms with Gasteiger partial charge in [0.25, 0.3) is 0 Å². The van der Waals surface area contributed by atoms with Crippen LogP contribution in [0.5, 0.6) is 0 Å². The number of Topliss-reactive ketones (excluding diaryl/α,β-unsaturated/α-hetero) is 1. The molecule has 1 aliphatic heterocycles. The first-order valence-electron chi connectivity index (χ1n) is 10.2. The number of aryl methyl sites for hydroxylation is 1. The molecule has 0 spiro atoms. The van der Waals surface area contributed by atoms with Crippen molar-refractivity contribution < 1.29 is 9.18 Å². The zero-order valence-electron chi connectivity index (χ0n) is 16.4. The Morgan fingerprint density at radius 1 is 1.07 bits per heavy atom. The van der Waals surface area contributed by atoms with Gasteiger partial charge in [0, 0.05) is 23.9 Å². The molecule has 2 aromatic carbocycles. The Labute approximate surface area is 177 Å². The number of para-hydroxylation sites is 1. The molecule has 152 valence electrons. The van der Waals surface area contributed by atoms with Crippen molar-refractivity contribution in [3.05, 3.63) is 65.7 Å². The van der Waals surface area contributed by atoms with Crippen molar-refractivity contribution in [1.29, 1.82) is 0 Å². The highest BCUT2D eigenvalue weighted by atomic mass is 32.2. The van der Waals surface area contributed by atoms with E-state index >= 15 is 0 Å². The van der Waals surface area contributed by atoms with Crippen molar-refractivity contribution in [3.63, 3.8) is 0 Å². The second-order valence-electron chi connectivity index (χ2n) is 7.50. The molecule has 0 unspecified atom stereocenters. The molecule has 0 radical (unpaired) electrons. The monoisotopic (exact) mass is 420 g/mol. The van der Waals surface area contributed by atoms with Gasteiger partial charge >= 0.3 is 0 Å². The predicted octanol–water partition coefficient (Wildman–Crippen LogP) is 5.27. The number of fused-ring (bicyclic) bond motifs is 2. The van der Waals surface area contributed by atoms with Crippen LogP contribution in [-0.2, 0) is 13.0 Å². The first kappa shape index (κ1) is 19.1. The first-order chi connectivity index (χ1) is 14.7. The zero-order valence-corrected chi connectivity index (χ0v) is 17.2. The number of aromatic amines is 1. The fourth-order valence-corrected chi connectivity index (χ4v) is 4.89. The highest BCUT2D eigenvalue weighted by molar-refractivity contribution is 7.99. The number of aromatic nitrogens is 4. The Kier molecular flexibility index (Phi) is 5.12. The largest absolute Gasteiger partial charge is 0.354 e. The van der Waals surface area contributed by atoms with Crippen molar-refractivity contribution in [2.75, 3.05) is 5.75 Å². The van der Waals surface area contributed by atoms with E-state index in [0.717, 1.165) is 58.9 Å². The Hall–Kier alpha value is -2.93. The Morgan fingerprint density at radius 2 is 1.90 bits per heavy atom. The SMILES string of the molecule is O=C(CSc1nnc2n1CCCCC2)c1c(-c2ccc(F)cc2)[nH]c2ccccc12. The summed E-state index contributed by atoms with van der Waals surface area (Å²) in [4.78, 5) is 16.7. The van der Waals surface area contributed by atoms with Crippen LogP contribution in [0.4, 0.5) is 4.39 Å². The molecule has 0 bridgehead atoms. The van der Waals surface area contributed by atoms with Gasteiger partial charge in [-0.3, -0.25) is 4.79 Å². The minimum atomic E-state index is -0.300. The summed E-state index contributed by atoms with van der Waals surface area (Å²) in [7, 11) is 0. The van der Waals surface area contributed by atoms with Crippen LogP contribution in [0.3, 0.4) is 0 Å². The summed E-state index contributed by atoms with van der Waals surface area (Å²) in [5.41, 5.74) is 3.04. The van der Waals surface area contributed by atoms with Crippen LogP contribution in [0.25, 0.3) is 22.2 Å². The molecule has 1 N–H and O–H groups in total. The molecule has 1 aliphatic rings. The highest BCUT2D eigenvalue weighted by Gasteiger charge is 2.22. The number of H-pyrrole nitrogens is 1. The molecule has 5 rings (SSSR count). The third-order valence-electron chi connectivity index (χ3n) is 5.53. The number of carbonyl (C=O) groups is 1. The van der Waals surface area contributed by atoms with E-state index in [1.165, 1.54) is 30.3 Å². The molecule has 0 saturated heterocycles. The van der Waals surface area contributed by atoms with Gasteiger partial charge in [-0.15, -0.1) is 10.2 Å². The average Bonchev–Trinajstić information content (AvgIpc) is 3.25. The molecule has 0 amide bonds. The van der Waals surface area contributed by atoms with Crippen LogP contribution < -0.4 is 0 Å². The number of ketones is 1. The molecule has 5 nitrogen and oxygen atoms in total. The van der Waals surface area contributed by atoms with Crippen molar-refractivity contribution in [3.8, 4) is 11.3 Å². The van der Waals surface area contributed by atoms with Gasteiger partial charge in [-0.2, -0.15) is 0 Å². The summed E-state index contributed by atoms with van der Waals surface area (Å²) in [5, 5.41) is 10.3. The number of benzene rings is 2. The maximum Gasteiger partial charge on any atom is 0.191 e. The van der Waals surface area contributed by atoms with Gasteiger partial charge in [0.1, 0.15) is 11.6 Å². The molecule has 3 heterocycles. The maximum absolute atomic E-state index is 13.4. The van der Waals surface area contributed by atoms with E-state index in [4.69, 9.17) is 0 Å². The third kappa shape index (κ3) is 3.54. The second-order valence-corrected chi connectivity index (χ2v) is 8.44. The number of carbonyl (C=O) groups excluding carboxylic acids is 1. The maximum atomic E-state index is 13.4. The predicted molar refractivity (Wildman–Crippen MR) is 116 cm³/mol. The lowest BCUT2D eigenvalue weighted by Gasteiger charge is -2.07. The standard InChI is InChI=1S/C23H21FN4OS/c24-16-11-9-15(10-12-16)22-21(17-6-3-4-7-18(17)25-22)19(29)14-30-23-27-26-20-8-2-1-5-13-28(20)23/h3-4,6-7,9-12,25H,1-2,5,8,13-14H2. The van der Waals surface area contributed by atoms with Crippen LogP contribution in [0.15, 0.2) is 53.7 Å². The van der Waals surface area contributed by atoms with Gasteiger partial charge < -0.3 is 9.55 Å². The van der Waals surface area contributed by atoms with E-state index in [2.05, 4.69) is 19.7 Å². The topological polar surface area (TPSA) is 63.6 Å². The Balaban J connectivity index is 1.47. The highest BCUT2D eigenvalue weighted by Crippen LogP contribution is 2.32. The van der Waals surface area contributed by atoms with Crippen LogP contribution in [0, 0.1) is 5.82 Å². The van der Waals surface area contributed by atoms with E-state index in [9.17, 15) is 9.18 Å². The third-order valence-corrected chi connectivity index (χ3v) is 6.49. The van der Waals surface area contributed by atoms with Gasteiger partial charge in [0.15, 0.2) is 10.9 Å². The molecular weight excluding hydrogens is 399 g/mol. The molecule has 4 aromatic rings. The van der Waals surface area contributed by atoms with Crippen LogP contribution in [-0.4, -0.2) is 31.3 Å². The van der Waals surface area contributed by atoms with Crippen molar-refractivity contribution in [2.45, 2.75) is 37.4 Å². The summed E-state index contributed by atoms with van der Waals surface area (Å²) < 4.78 is 15.6. The van der Waals surface area contributed by atoms with Gasteiger partial charge in [-0.1, -0.05) is 36.4 Å². The number of nitrogens with one attached hydrogen (secondary N) is 1. The summed E-state index contributed by atoms with van der Waals surface area (Å²) in [6.07, 6.45) is 4.39. The normalized spacial score (nSPS) is 13.9. The molecule has 2 aromatic heterocycles. The number of rotatable bonds is 5. The van der Waals surface area contributed by atoms with Crippen LogP contribution >= 0.6 is 11.8 Å².